The highest BCUT2D eigenvalue weighted by Gasteiger charge is 2.75. The first kappa shape index (κ1) is 22.0. The van der Waals surface area contributed by atoms with Crippen LogP contribution in [-0.4, -0.2) is 70.8 Å². The van der Waals surface area contributed by atoms with E-state index in [4.69, 9.17) is 9.47 Å². The monoisotopic (exact) mass is 410 g/mol. The van der Waals surface area contributed by atoms with Crippen molar-refractivity contribution in [2.45, 2.75) is 83.7 Å². The molecule has 3 aliphatic heterocycles. The van der Waals surface area contributed by atoms with Gasteiger partial charge < -0.3 is 24.8 Å². The highest BCUT2D eigenvalue weighted by molar-refractivity contribution is 5.98. The summed E-state index contributed by atoms with van der Waals surface area (Å²) in [7, 11) is 0. The van der Waals surface area contributed by atoms with Gasteiger partial charge in [0.05, 0.1) is 37.2 Å². The van der Waals surface area contributed by atoms with E-state index in [0.717, 1.165) is 6.42 Å². The summed E-state index contributed by atoms with van der Waals surface area (Å²) >= 11 is 0. The van der Waals surface area contributed by atoms with E-state index in [1.165, 1.54) is 4.90 Å². The maximum Gasteiger partial charge on any atom is 0.312 e. The van der Waals surface area contributed by atoms with Crippen LogP contribution >= 0.6 is 0 Å². The summed E-state index contributed by atoms with van der Waals surface area (Å²) in [5.74, 6) is -2.47. The van der Waals surface area contributed by atoms with Crippen LogP contribution in [0.1, 0.15) is 53.9 Å². The third-order valence-electron chi connectivity index (χ3n) is 6.82. The quantitative estimate of drug-likeness (QED) is 0.575. The highest BCUT2D eigenvalue weighted by atomic mass is 16.6. The van der Waals surface area contributed by atoms with Crippen molar-refractivity contribution in [3.63, 3.8) is 0 Å². The molecule has 0 radical (unpaired) electrons. The Balaban J connectivity index is 2.06. The minimum Gasteiger partial charge on any atom is -0.466 e. The summed E-state index contributed by atoms with van der Waals surface area (Å²) in [5.41, 5.74) is -1.04. The Kier molecular flexibility index (Phi) is 6.24. The van der Waals surface area contributed by atoms with Gasteiger partial charge in [0, 0.05) is 6.04 Å². The van der Waals surface area contributed by atoms with Gasteiger partial charge in [-0.25, -0.2) is 0 Å². The second kappa shape index (κ2) is 8.22. The van der Waals surface area contributed by atoms with Crippen LogP contribution in [0.4, 0.5) is 0 Å². The summed E-state index contributed by atoms with van der Waals surface area (Å²) in [6, 6.07) is -1.48. The molecule has 0 unspecified atom stereocenters. The lowest BCUT2D eigenvalue weighted by molar-refractivity contribution is -0.156. The van der Waals surface area contributed by atoms with E-state index < -0.39 is 41.6 Å². The lowest BCUT2D eigenvalue weighted by atomic mass is 9.70. The predicted molar refractivity (Wildman–Crippen MR) is 105 cm³/mol. The van der Waals surface area contributed by atoms with Crippen LogP contribution in [0.3, 0.4) is 0 Å². The van der Waals surface area contributed by atoms with Gasteiger partial charge in [0.15, 0.2) is 0 Å². The van der Waals surface area contributed by atoms with E-state index in [1.807, 2.05) is 27.7 Å². The van der Waals surface area contributed by atoms with E-state index >= 15 is 0 Å². The zero-order valence-corrected chi connectivity index (χ0v) is 18.0. The number of nitrogens with zero attached hydrogens (tertiary/aromatic N) is 1. The molecule has 7 atom stereocenters. The smallest absolute Gasteiger partial charge is 0.312 e. The average molecular weight is 411 g/mol. The molecule has 2 amide bonds. The molecular weight excluding hydrogens is 376 g/mol. The number of carbonyl (C=O) groups excluding carboxylic acids is 3. The summed E-state index contributed by atoms with van der Waals surface area (Å²) in [6.45, 7) is 9.37. The molecule has 8 nitrogen and oxygen atoms in total. The second-order valence-electron chi connectivity index (χ2n) is 8.85. The number of ether oxygens (including phenoxy) is 2. The van der Waals surface area contributed by atoms with Gasteiger partial charge in [-0.3, -0.25) is 14.4 Å². The molecule has 3 fully saturated rings. The molecule has 2 N–H and O–H groups in total. The van der Waals surface area contributed by atoms with Crippen molar-refractivity contribution in [1.82, 2.24) is 10.2 Å². The minimum absolute atomic E-state index is 0.00762. The van der Waals surface area contributed by atoms with Gasteiger partial charge in [0.1, 0.15) is 11.6 Å². The molecule has 3 rings (SSSR count). The van der Waals surface area contributed by atoms with Crippen molar-refractivity contribution in [3.8, 4) is 0 Å². The van der Waals surface area contributed by atoms with Gasteiger partial charge in [-0.05, 0) is 39.5 Å². The van der Waals surface area contributed by atoms with Crippen molar-refractivity contribution in [2.75, 3.05) is 13.2 Å². The molecule has 29 heavy (non-hydrogen) atoms. The van der Waals surface area contributed by atoms with Gasteiger partial charge in [-0.1, -0.05) is 20.3 Å². The van der Waals surface area contributed by atoms with E-state index in [9.17, 15) is 19.5 Å². The molecule has 0 aromatic carbocycles. The molecule has 8 heteroatoms. The molecule has 3 saturated heterocycles. The molecule has 1 spiro atoms. The molecule has 164 valence electrons. The van der Waals surface area contributed by atoms with E-state index in [-0.39, 0.29) is 37.0 Å². The first-order valence-electron chi connectivity index (χ1n) is 10.8. The van der Waals surface area contributed by atoms with Crippen LogP contribution < -0.4 is 5.32 Å². The predicted octanol–water partition coefficient (Wildman–Crippen LogP) is 0.856. The molecule has 0 aliphatic carbocycles. The van der Waals surface area contributed by atoms with Crippen molar-refractivity contribution in [3.05, 3.63) is 0 Å². The molecule has 0 aromatic heterocycles. The number of likely N-dealkylation sites (tertiary alicyclic amines) is 1. The number of esters is 1. The summed E-state index contributed by atoms with van der Waals surface area (Å²) < 4.78 is 11.5. The van der Waals surface area contributed by atoms with Gasteiger partial charge in [0.25, 0.3) is 0 Å². The molecule has 2 bridgehead atoms. The number of fused-ring (bicyclic) bond motifs is 1. The standard InChI is InChI=1S/C21H34N2O6/c1-6-12(5)13(10-24)23-17(18(25)22-11(3)4)21-9-8-14(29-21)15(16(21)19(23)26)20(27)28-7-2/h11-17,24H,6-10H2,1-5H3,(H,22,25)/t12-,13-,14+,15-,16-,17+,21-/m0/s1. The Labute approximate surface area is 172 Å². The fourth-order valence-corrected chi connectivity index (χ4v) is 5.43. The lowest BCUT2D eigenvalue weighted by Crippen LogP contribution is -2.59. The van der Waals surface area contributed by atoms with E-state index in [0.29, 0.717) is 12.8 Å². The Morgan fingerprint density at radius 1 is 1.34 bits per heavy atom. The number of carbonyl (C=O) groups is 3. The Morgan fingerprint density at radius 3 is 2.59 bits per heavy atom. The lowest BCUT2D eigenvalue weighted by Gasteiger charge is -2.39. The number of hydrogen-bond donors (Lipinski definition) is 2. The third kappa shape index (κ3) is 3.34. The van der Waals surface area contributed by atoms with Crippen LogP contribution in [0.15, 0.2) is 0 Å². The molecule has 0 saturated carbocycles. The maximum absolute atomic E-state index is 13.7. The van der Waals surface area contributed by atoms with Crippen LogP contribution in [0, 0.1) is 17.8 Å². The first-order valence-corrected chi connectivity index (χ1v) is 10.8. The summed E-state index contributed by atoms with van der Waals surface area (Å²) in [4.78, 5) is 41.2. The topological polar surface area (TPSA) is 105 Å². The van der Waals surface area contributed by atoms with Crippen LogP contribution in [-0.2, 0) is 23.9 Å². The van der Waals surface area contributed by atoms with Crippen LogP contribution in [0.5, 0.6) is 0 Å². The van der Waals surface area contributed by atoms with Gasteiger partial charge in [-0.2, -0.15) is 0 Å². The average Bonchev–Trinajstić information content (AvgIpc) is 3.29. The molecule has 0 aromatic rings. The largest absolute Gasteiger partial charge is 0.466 e. The Bertz CT molecular complexity index is 668. The number of aliphatic hydroxyl groups is 1. The van der Waals surface area contributed by atoms with Gasteiger partial charge in [0.2, 0.25) is 11.8 Å². The third-order valence-corrected chi connectivity index (χ3v) is 6.82. The number of hydrogen-bond acceptors (Lipinski definition) is 6. The number of nitrogens with one attached hydrogen (secondary N) is 1. The summed E-state index contributed by atoms with van der Waals surface area (Å²) in [5, 5.41) is 13.0. The van der Waals surface area contributed by atoms with Gasteiger partial charge >= 0.3 is 5.97 Å². The molecule has 3 heterocycles. The fourth-order valence-electron chi connectivity index (χ4n) is 5.43. The molecule has 3 aliphatic rings. The number of amides is 2. The maximum atomic E-state index is 13.7. The van der Waals surface area contributed by atoms with Crippen LogP contribution in [0.2, 0.25) is 0 Å². The Hall–Kier alpha value is -1.67. The SMILES string of the molecule is CCOC(=O)[C@@H]1[C@H]2C(=O)N([C@@H](CO)[C@@H](C)CC)[C@H](C(=O)NC(C)C)[C@]23CC[C@H]1O3. The van der Waals surface area contributed by atoms with Crippen molar-refractivity contribution < 1.29 is 29.0 Å². The van der Waals surface area contributed by atoms with Crippen molar-refractivity contribution in [2.24, 2.45) is 17.8 Å². The normalized spacial score (nSPS) is 35.0. The number of rotatable bonds is 8. The summed E-state index contributed by atoms with van der Waals surface area (Å²) in [6.07, 6.45) is 1.49. The zero-order valence-electron chi connectivity index (χ0n) is 18.0. The Morgan fingerprint density at radius 2 is 2.03 bits per heavy atom. The van der Waals surface area contributed by atoms with E-state index in [1.54, 1.807) is 6.92 Å². The zero-order chi connectivity index (χ0) is 21.5. The first-order chi connectivity index (χ1) is 13.7. The van der Waals surface area contributed by atoms with Crippen molar-refractivity contribution >= 4 is 17.8 Å². The van der Waals surface area contributed by atoms with Gasteiger partial charge in [-0.15, -0.1) is 0 Å². The minimum atomic E-state index is -1.04. The highest BCUT2D eigenvalue weighted by Crippen LogP contribution is 2.59. The second-order valence-corrected chi connectivity index (χ2v) is 8.85. The van der Waals surface area contributed by atoms with Crippen molar-refractivity contribution in [1.29, 1.82) is 0 Å². The number of aliphatic hydroxyl groups excluding tert-OH is 1. The molecular formula is C21H34N2O6. The fraction of sp³-hybridized carbons (Fsp3) is 0.857. The van der Waals surface area contributed by atoms with Crippen LogP contribution in [0.25, 0.3) is 0 Å². The van der Waals surface area contributed by atoms with E-state index in [2.05, 4.69) is 5.32 Å².